The zero-order valence-electron chi connectivity index (χ0n) is 12.1. The number of halogens is 1. The van der Waals surface area contributed by atoms with Crippen LogP contribution in [0.25, 0.3) is 0 Å². The van der Waals surface area contributed by atoms with Crippen molar-refractivity contribution in [2.75, 3.05) is 11.9 Å². The number of rotatable bonds is 5. The second kappa shape index (κ2) is 7.56. The molecule has 2 aromatic rings. The minimum absolute atomic E-state index is 0.171. The fourth-order valence-electron chi connectivity index (χ4n) is 1.93. The molecule has 5 nitrogen and oxygen atoms in total. The van der Waals surface area contributed by atoms with Gasteiger partial charge in [0.05, 0.1) is 17.0 Å². The number of hydrogen-bond acceptors (Lipinski definition) is 3. The number of nitrogens with one attached hydrogen (secondary N) is 2. The van der Waals surface area contributed by atoms with E-state index in [4.69, 9.17) is 11.6 Å². The Morgan fingerprint density at radius 3 is 2.73 bits per heavy atom. The summed E-state index contributed by atoms with van der Waals surface area (Å²) in [4.78, 5) is 27.7. The van der Waals surface area contributed by atoms with Gasteiger partial charge in [-0.1, -0.05) is 17.7 Å². The number of carbonyl (C=O) groups is 2. The molecule has 0 aliphatic rings. The molecule has 114 valence electrons. The van der Waals surface area contributed by atoms with Gasteiger partial charge in [-0.05, 0) is 36.8 Å². The topological polar surface area (TPSA) is 71.1 Å². The number of hydrogen-bond donors (Lipinski definition) is 2. The normalized spacial score (nSPS) is 10.1. The molecule has 1 aromatic heterocycles. The van der Waals surface area contributed by atoms with Gasteiger partial charge in [-0.15, -0.1) is 0 Å². The quantitative estimate of drug-likeness (QED) is 0.890. The third-order valence-corrected chi connectivity index (χ3v) is 3.23. The first-order chi connectivity index (χ1) is 10.6. The summed E-state index contributed by atoms with van der Waals surface area (Å²) in [6.45, 7) is 2.36. The lowest BCUT2D eigenvalue weighted by Gasteiger charge is -2.09. The van der Waals surface area contributed by atoms with Gasteiger partial charge < -0.3 is 10.6 Å². The van der Waals surface area contributed by atoms with Gasteiger partial charge in [0, 0.05) is 24.6 Å². The number of anilines is 1. The molecule has 2 rings (SSSR count). The van der Waals surface area contributed by atoms with E-state index in [1.807, 2.05) is 13.0 Å². The van der Waals surface area contributed by atoms with Crippen LogP contribution in [0.5, 0.6) is 0 Å². The molecule has 6 heteroatoms. The van der Waals surface area contributed by atoms with Gasteiger partial charge in [0.25, 0.3) is 5.91 Å². The van der Waals surface area contributed by atoms with E-state index < -0.39 is 0 Å². The van der Waals surface area contributed by atoms with Crippen molar-refractivity contribution >= 4 is 29.1 Å². The summed E-state index contributed by atoms with van der Waals surface area (Å²) in [7, 11) is 0. The molecule has 0 radical (unpaired) electrons. The number of carbonyl (C=O) groups excluding carboxylic acids is 2. The predicted octanol–water partition coefficient (Wildman–Crippen LogP) is 2.67. The molecular formula is C16H16ClN3O2. The molecule has 0 aliphatic heterocycles. The van der Waals surface area contributed by atoms with Crippen LogP contribution >= 0.6 is 11.6 Å². The predicted molar refractivity (Wildman–Crippen MR) is 86.0 cm³/mol. The molecule has 0 saturated heterocycles. The van der Waals surface area contributed by atoms with Crippen molar-refractivity contribution in [2.45, 2.75) is 13.3 Å². The molecule has 0 fully saturated rings. The van der Waals surface area contributed by atoms with Gasteiger partial charge in [-0.25, -0.2) is 0 Å². The highest BCUT2D eigenvalue weighted by molar-refractivity contribution is 6.34. The Morgan fingerprint density at radius 1 is 1.27 bits per heavy atom. The van der Waals surface area contributed by atoms with E-state index in [0.29, 0.717) is 22.8 Å². The molecule has 2 N–H and O–H groups in total. The van der Waals surface area contributed by atoms with E-state index in [1.165, 1.54) is 0 Å². The summed E-state index contributed by atoms with van der Waals surface area (Å²) in [6, 6.07) is 8.41. The number of nitrogens with zero attached hydrogens (tertiary/aromatic N) is 1. The second-order valence-corrected chi connectivity index (χ2v) is 5.05. The van der Waals surface area contributed by atoms with Crippen LogP contribution < -0.4 is 10.6 Å². The molecule has 1 aromatic carbocycles. The number of pyridine rings is 1. The minimum atomic E-state index is -0.235. The molecule has 2 amide bonds. The van der Waals surface area contributed by atoms with E-state index in [2.05, 4.69) is 15.6 Å². The van der Waals surface area contributed by atoms with Crippen LogP contribution in [-0.4, -0.2) is 23.3 Å². The van der Waals surface area contributed by atoms with Gasteiger partial charge in [-0.2, -0.15) is 0 Å². The summed E-state index contributed by atoms with van der Waals surface area (Å²) in [5.41, 5.74) is 1.76. The van der Waals surface area contributed by atoms with Gasteiger partial charge >= 0.3 is 0 Å². The summed E-state index contributed by atoms with van der Waals surface area (Å²) in [5.74, 6) is -0.407. The number of amides is 2. The average Bonchev–Trinajstić information content (AvgIpc) is 2.48. The van der Waals surface area contributed by atoms with Crippen LogP contribution in [0.15, 0.2) is 42.7 Å². The van der Waals surface area contributed by atoms with Gasteiger partial charge in [0.2, 0.25) is 5.91 Å². The maximum atomic E-state index is 12.0. The van der Waals surface area contributed by atoms with Crippen LogP contribution in [-0.2, 0) is 11.2 Å². The molecule has 0 bridgehead atoms. The standard InChI is InChI=1S/C16H16ClN3O2/c1-2-19-16(22)13-6-5-12(9-14(13)17)20-15(21)8-11-4-3-7-18-10-11/h3-7,9-10H,2,8H2,1H3,(H,19,22)(H,20,21). The SMILES string of the molecule is CCNC(=O)c1ccc(NC(=O)Cc2cccnc2)cc1Cl. The highest BCUT2D eigenvalue weighted by Gasteiger charge is 2.11. The highest BCUT2D eigenvalue weighted by Crippen LogP contribution is 2.21. The zero-order chi connectivity index (χ0) is 15.9. The van der Waals surface area contributed by atoms with E-state index in [-0.39, 0.29) is 18.2 Å². The van der Waals surface area contributed by atoms with Crippen molar-refractivity contribution in [3.05, 3.63) is 58.9 Å². The van der Waals surface area contributed by atoms with Gasteiger partial charge in [0.1, 0.15) is 0 Å². The first kappa shape index (κ1) is 16.0. The van der Waals surface area contributed by atoms with Gasteiger partial charge in [0.15, 0.2) is 0 Å². The Morgan fingerprint density at radius 2 is 2.09 bits per heavy atom. The third-order valence-electron chi connectivity index (χ3n) is 2.92. The van der Waals surface area contributed by atoms with E-state index in [0.717, 1.165) is 5.56 Å². The van der Waals surface area contributed by atoms with Crippen molar-refractivity contribution in [3.63, 3.8) is 0 Å². The van der Waals surface area contributed by atoms with Crippen molar-refractivity contribution in [1.82, 2.24) is 10.3 Å². The molecule has 0 aliphatic carbocycles. The first-order valence-corrected chi connectivity index (χ1v) is 7.24. The van der Waals surface area contributed by atoms with Crippen LogP contribution in [0.3, 0.4) is 0 Å². The molecule has 0 atom stereocenters. The zero-order valence-corrected chi connectivity index (χ0v) is 12.9. The number of aromatic nitrogens is 1. The van der Waals surface area contributed by atoms with Crippen molar-refractivity contribution < 1.29 is 9.59 Å². The van der Waals surface area contributed by atoms with E-state index in [1.54, 1.807) is 36.7 Å². The Bertz CT molecular complexity index is 674. The molecule has 0 saturated carbocycles. The van der Waals surface area contributed by atoms with Crippen LogP contribution in [0.4, 0.5) is 5.69 Å². The van der Waals surface area contributed by atoms with Gasteiger partial charge in [-0.3, -0.25) is 14.6 Å². The molecule has 22 heavy (non-hydrogen) atoms. The lowest BCUT2D eigenvalue weighted by Crippen LogP contribution is -2.23. The summed E-state index contributed by atoms with van der Waals surface area (Å²) < 4.78 is 0. The van der Waals surface area contributed by atoms with Crippen molar-refractivity contribution in [2.24, 2.45) is 0 Å². The minimum Gasteiger partial charge on any atom is -0.352 e. The van der Waals surface area contributed by atoms with E-state index >= 15 is 0 Å². The lowest BCUT2D eigenvalue weighted by atomic mass is 10.1. The molecule has 1 heterocycles. The van der Waals surface area contributed by atoms with Crippen LogP contribution in [0.1, 0.15) is 22.8 Å². The van der Waals surface area contributed by atoms with Crippen molar-refractivity contribution in [1.29, 1.82) is 0 Å². The van der Waals surface area contributed by atoms with Crippen LogP contribution in [0.2, 0.25) is 5.02 Å². The fourth-order valence-corrected chi connectivity index (χ4v) is 2.19. The summed E-state index contributed by atoms with van der Waals surface area (Å²) >= 11 is 6.08. The average molecular weight is 318 g/mol. The summed E-state index contributed by atoms with van der Waals surface area (Å²) in [5, 5.41) is 5.72. The Labute approximate surface area is 133 Å². The van der Waals surface area contributed by atoms with E-state index in [9.17, 15) is 9.59 Å². The smallest absolute Gasteiger partial charge is 0.252 e. The third kappa shape index (κ3) is 4.30. The Kier molecular flexibility index (Phi) is 5.49. The largest absolute Gasteiger partial charge is 0.352 e. The molecule has 0 unspecified atom stereocenters. The van der Waals surface area contributed by atoms with Crippen molar-refractivity contribution in [3.8, 4) is 0 Å². The monoisotopic (exact) mass is 317 g/mol. The lowest BCUT2D eigenvalue weighted by molar-refractivity contribution is -0.115. The highest BCUT2D eigenvalue weighted by atomic mass is 35.5. The maximum absolute atomic E-state index is 12.0. The maximum Gasteiger partial charge on any atom is 0.252 e. The molecular weight excluding hydrogens is 302 g/mol. The first-order valence-electron chi connectivity index (χ1n) is 6.86. The Hall–Kier alpha value is -2.40. The fraction of sp³-hybridized carbons (Fsp3) is 0.188. The number of benzene rings is 1. The van der Waals surface area contributed by atoms with Crippen LogP contribution in [0, 0.1) is 0 Å². The second-order valence-electron chi connectivity index (χ2n) is 4.64. The Balaban J connectivity index is 2.03. The summed E-state index contributed by atoms with van der Waals surface area (Å²) in [6.07, 6.45) is 3.52. The molecule has 0 spiro atoms.